The van der Waals surface area contributed by atoms with E-state index in [2.05, 4.69) is 18.4 Å². The maximum atomic E-state index is 6.16. The van der Waals surface area contributed by atoms with Crippen molar-refractivity contribution < 1.29 is 0 Å². The van der Waals surface area contributed by atoms with Gasteiger partial charge in [-0.05, 0) is 19.3 Å². The molecule has 0 fully saturated rings. The highest BCUT2D eigenvalue weighted by Gasteiger charge is 2.20. The zero-order chi connectivity index (χ0) is 10.8. The Morgan fingerprint density at radius 1 is 1.47 bits per heavy atom. The number of hydrogen-bond acceptors (Lipinski definition) is 2. The van der Waals surface area contributed by atoms with Gasteiger partial charge in [0.05, 0.1) is 5.69 Å². The zero-order valence-electron chi connectivity index (χ0n) is 9.79. The number of fused-ring (bicyclic) bond motifs is 1. The SMILES string of the molecule is CCCC(C)c1nc2n(c1N)CCCC2. The van der Waals surface area contributed by atoms with Crippen molar-refractivity contribution in [2.75, 3.05) is 5.73 Å². The van der Waals surface area contributed by atoms with Gasteiger partial charge >= 0.3 is 0 Å². The molecule has 15 heavy (non-hydrogen) atoms. The maximum Gasteiger partial charge on any atom is 0.127 e. The smallest absolute Gasteiger partial charge is 0.127 e. The molecule has 3 heteroatoms. The van der Waals surface area contributed by atoms with Crippen LogP contribution >= 0.6 is 0 Å². The Morgan fingerprint density at radius 3 is 2.93 bits per heavy atom. The minimum atomic E-state index is 0.507. The topological polar surface area (TPSA) is 43.8 Å². The number of nitrogens with zero attached hydrogens (tertiary/aromatic N) is 2. The second-order valence-electron chi connectivity index (χ2n) is 4.60. The van der Waals surface area contributed by atoms with Crippen LogP contribution in [0.4, 0.5) is 5.82 Å². The van der Waals surface area contributed by atoms with E-state index in [9.17, 15) is 0 Å². The monoisotopic (exact) mass is 207 g/mol. The summed E-state index contributed by atoms with van der Waals surface area (Å²) in [6.07, 6.45) is 5.99. The number of hydrogen-bond donors (Lipinski definition) is 1. The van der Waals surface area contributed by atoms with E-state index in [-0.39, 0.29) is 0 Å². The molecular formula is C12H21N3. The second-order valence-corrected chi connectivity index (χ2v) is 4.60. The van der Waals surface area contributed by atoms with E-state index in [1.54, 1.807) is 0 Å². The summed E-state index contributed by atoms with van der Waals surface area (Å²) in [5.41, 5.74) is 7.29. The van der Waals surface area contributed by atoms with Crippen LogP contribution in [0.1, 0.15) is 57.0 Å². The quantitative estimate of drug-likeness (QED) is 0.828. The Bertz CT molecular complexity index is 341. The third-order valence-electron chi connectivity index (χ3n) is 3.33. The summed E-state index contributed by atoms with van der Waals surface area (Å²) < 4.78 is 2.21. The van der Waals surface area contributed by atoms with E-state index < -0.39 is 0 Å². The molecule has 1 aliphatic heterocycles. The van der Waals surface area contributed by atoms with Crippen LogP contribution in [-0.4, -0.2) is 9.55 Å². The van der Waals surface area contributed by atoms with Gasteiger partial charge in [0.25, 0.3) is 0 Å². The molecule has 2 rings (SSSR count). The standard InChI is InChI=1S/C12H21N3/c1-3-6-9(2)11-12(13)15-8-5-4-7-10(15)14-11/h9H,3-8,13H2,1-2H3. The van der Waals surface area contributed by atoms with Crippen molar-refractivity contribution in [3.8, 4) is 0 Å². The van der Waals surface area contributed by atoms with Gasteiger partial charge in [-0.15, -0.1) is 0 Å². The number of imidazole rings is 1. The predicted molar refractivity (Wildman–Crippen MR) is 62.9 cm³/mol. The normalized spacial score (nSPS) is 17.5. The van der Waals surface area contributed by atoms with Gasteiger partial charge in [-0.2, -0.15) is 0 Å². The Morgan fingerprint density at radius 2 is 2.27 bits per heavy atom. The Balaban J connectivity index is 2.28. The van der Waals surface area contributed by atoms with E-state index in [4.69, 9.17) is 10.7 Å². The largest absolute Gasteiger partial charge is 0.384 e. The van der Waals surface area contributed by atoms with Gasteiger partial charge < -0.3 is 10.3 Å². The average Bonchev–Trinajstić information content (AvgIpc) is 2.57. The van der Waals surface area contributed by atoms with Crippen LogP contribution in [0.3, 0.4) is 0 Å². The van der Waals surface area contributed by atoms with Gasteiger partial charge in [0.1, 0.15) is 11.6 Å². The third-order valence-corrected chi connectivity index (χ3v) is 3.33. The molecule has 1 aliphatic rings. The second kappa shape index (κ2) is 4.25. The molecule has 3 nitrogen and oxygen atoms in total. The third kappa shape index (κ3) is 1.87. The number of anilines is 1. The molecule has 2 heterocycles. The Hall–Kier alpha value is -0.990. The average molecular weight is 207 g/mol. The highest BCUT2D eigenvalue weighted by atomic mass is 15.1. The van der Waals surface area contributed by atoms with Gasteiger partial charge in [-0.3, -0.25) is 0 Å². The van der Waals surface area contributed by atoms with Crippen molar-refractivity contribution in [3.63, 3.8) is 0 Å². The highest BCUT2D eigenvalue weighted by Crippen LogP contribution is 2.29. The first kappa shape index (κ1) is 10.5. The predicted octanol–water partition coefficient (Wildman–Crippen LogP) is 2.71. The molecule has 0 saturated carbocycles. The molecule has 2 N–H and O–H groups in total. The fourth-order valence-electron chi connectivity index (χ4n) is 2.46. The molecule has 1 unspecified atom stereocenters. The van der Waals surface area contributed by atoms with Crippen molar-refractivity contribution >= 4 is 5.82 Å². The van der Waals surface area contributed by atoms with Crippen molar-refractivity contribution in [2.45, 2.75) is 58.4 Å². The fraction of sp³-hybridized carbons (Fsp3) is 0.750. The van der Waals surface area contributed by atoms with Crippen LogP contribution < -0.4 is 5.73 Å². The first-order chi connectivity index (χ1) is 7.24. The molecule has 0 radical (unpaired) electrons. The molecule has 84 valence electrons. The highest BCUT2D eigenvalue weighted by molar-refractivity contribution is 5.40. The Labute approximate surface area is 91.7 Å². The van der Waals surface area contributed by atoms with Gasteiger partial charge in [-0.25, -0.2) is 4.98 Å². The van der Waals surface area contributed by atoms with Crippen molar-refractivity contribution in [1.29, 1.82) is 0 Å². The summed E-state index contributed by atoms with van der Waals surface area (Å²) in [6.45, 7) is 5.50. The molecule has 1 atom stereocenters. The number of nitrogens with two attached hydrogens (primary N) is 1. The number of aryl methyl sites for hydroxylation is 1. The lowest BCUT2D eigenvalue weighted by Crippen LogP contribution is -2.12. The summed E-state index contributed by atoms with van der Waals surface area (Å²) in [5, 5.41) is 0. The van der Waals surface area contributed by atoms with Crippen LogP contribution in [0.15, 0.2) is 0 Å². The Kier molecular flexibility index (Phi) is 2.98. The van der Waals surface area contributed by atoms with Gasteiger partial charge in [-0.1, -0.05) is 20.3 Å². The number of aromatic nitrogens is 2. The molecule has 1 aromatic heterocycles. The summed E-state index contributed by atoms with van der Waals surface area (Å²) in [5.74, 6) is 2.63. The van der Waals surface area contributed by atoms with Crippen molar-refractivity contribution in [3.05, 3.63) is 11.5 Å². The number of rotatable bonds is 3. The van der Waals surface area contributed by atoms with Crippen LogP contribution in [0.2, 0.25) is 0 Å². The first-order valence-corrected chi connectivity index (χ1v) is 6.08. The minimum absolute atomic E-state index is 0.507. The number of nitrogen functional groups attached to an aromatic ring is 1. The summed E-state index contributed by atoms with van der Waals surface area (Å²) in [7, 11) is 0. The minimum Gasteiger partial charge on any atom is -0.384 e. The molecular weight excluding hydrogens is 186 g/mol. The van der Waals surface area contributed by atoms with Gasteiger partial charge in [0.15, 0.2) is 0 Å². The van der Waals surface area contributed by atoms with E-state index in [0.717, 1.165) is 24.5 Å². The molecule has 0 saturated heterocycles. The maximum absolute atomic E-state index is 6.16. The van der Waals surface area contributed by atoms with E-state index in [1.807, 2.05) is 0 Å². The summed E-state index contributed by atoms with van der Waals surface area (Å²) >= 11 is 0. The molecule has 0 bridgehead atoms. The van der Waals surface area contributed by atoms with Crippen molar-refractivity contribution in [2.24, 2.45) is 0 Å². The molecule has 1 aromatic rings. The lowest BCUT2D eigenvalue weighted by atomic mass is 10.0. The van der Waals surface area contributed by atoms with E-state index in [1.165, 1.54) is 31.5 Å². The molecule has 0 aromatic carbocycles. The van der Waals surface area contributed by atoms with Gasteiger partial charge in [0.2, 0.25) is 0 Å². The van der Waals surface area contributed by atoms with E-state index in [0.29, 0.717) is 5.92 Å². The molecule has 0 amide bonds. The van der Waals surface area contributed by atoms with Crippen molar-refractivity contribution in [1.82, 2.24) is 9.55 Å². The first-order valence-electron chi connectivity index (χ1n) is 6.08. The molecule has 0 aliphatic carbocycles. The van der Waals surface area contributed by atoms with Gasteiger partial charge in [0, 0.05) is 18.9 Å². The lowest BCUT2D eigenvalue weighted by Gasteiger charge is -2.14. The zero-order valence-corrected chi connectivity index (χ0v) is 9.79. The summed E-state index contributed by atoms with van der Waals surface area (Å²) in [4.78, 5) is 4.71. The van der Waals surface area contributed by atoms with Crippen LogP contribution in [0, 0.1) is 0 Å². The van der Waals surface area contributed by atoms with Crippen LogP contribution in [0.25, 0.3) is 0 Å². The molecule has 0 spiro atoms. The fourth-order valence-corrected chi connectivity index (χ4v) is 2.46. The summed E-state index contributed by atoms with van der Waals surface area (Å²) in [6, 6.07) is 0. The van der Waals surface area contributed by atoms with Crippen LogP contribution in [-0.2, 0) is 13.0 Å². The van der Waals surface area contributed by atoms with E-state index >= 15 is 0 Å². The lowest BCUT2D eigenvalue weighted by molar-refractivity contribution is 0.527. The van der Waals surface area contributed by atoms with Crippen LogP contribution in [0.5, 0.6) is 0 Å².